The van der Waals surface area contributed by atoms with Crippen LogP contribution in [0.2, 0.25) is 0 Å². The number of nitrogens with one attached hydrogen (secondary N) is 2. The standard InChI is InChI=1S/C15H16F2N2O5/c1-9(13(21)19-15(22)18-2)23-12(20)8-5-10-3-6-11(7-4-10)24-14(16)17/h3-9,14H,1-2H3,(H2,18,19,21,22)/b8-5+/t9-/m1/s1. The number of esters is 1. The summed E-state index contributed by atoms with van der Waals surface area (Å²) in [5, 5.41) is 4.15. The fourth-order valence-electron chi connectivity index (χ4n) is 1.47. The van der Waals surface area contributed by atoms with E-state index in [4.69, 9.17) is 4.74 Å². The summed E-state index contributed by atoms with van der Waals surface area (Å²) in [7, 11) is 1.33. The minimum atomic E-state index is -2.91. The van der Waals surface area contributed by atoms with Gasteiger partial charge in [-0.1, -0.05) is 12.1 Å². The summed E-state index contributed by atoms with van der Waals surface area (Å²) in [6.07, 6.45) is 1.27. The lowest BCUT2D eigenvalue weighted by Gasteiger charge is -2.11. The fraction of sp³-hybridized carbons (Fsp3) is 0.267. The first kappa shape index (κ1) is 19.1. The third-order valence-corrected chi connectivity index (χ3v) is 2.64. The number of carbonyl (C=O) groups is 3. The van der Waals surface area contributed by atoms with Crippen molar-refractivity contribution in [1.29, 1.82) is 0 Å². The van der Waals surface area contributed by atoms with Gasteiger partial charge in [0.25, 0.3) is 5.91 Å². The lowest BCUT2D eigenvalue weighted by Crippen LogP contribution is -2.43. The van der Waals surface area contributed by atoms with Crippen molar-refractivity contribution in [2.75, 3.05) is 7.05 Å². The molecule has 7 nitrogen and oxygen atoms in total. The number of rotatable bonds is 6. The van der Waals surface area contributed by atoms with Gasteiger partial charge in [-0.3, -0.25) is 10.1 Å². The van der Waals surface area contributed by atoms with Crippen LogP contribution < -0.4 is 15.4 Å². The smallest absolute Gasteiger partial charge is 0.387 e. The SMILES string of the molecule is CNC(=O)NC(=O)[C@@H](C)OC(=O)/C=C/c1ccc(OC(F)F)cc1. The van der Waals surface area contributed by atoms with Crippen LogP contribution in [0.25, 0.3) is 6.08 Å². The van der Waals surface area contributed by atoms with Gasteiger partial charge in [0.1, 0.15) is 5.75 Å². The molecule has 2 N–H and O–H groups in total. The molecule has 1 atom stereocenters. The van der Waals surface area contributed by atoms with E-state index in [2.05, 4.69) is 10.1 Å². The Kier molecular flexibility index (Phi) is 7.34. The van der Waals surface area contributed by atoms with Gasteiger partial charge in [-0.05, 0) is 30.7 Å². The number of carbonyl (C=O) groups excluding carboxylic acids is 3. The lowest BCUT2D eigenvalue weighted by atomic mass is 10.2. The van der Waals surface area contributed by atoms with Crippen LogP contribution in [0.5, 0.6) is 5.75 Å². The number of imide groups is 1. The van der Waals surface area contributed by atoms with Gasteiger partial charge < -0.3 is 14.8 Å². The summed E-state index contributed by atoms with van der Waals surface area (Å²) >= 11 is 0. The second-order valence-corrected chi connectivity index (χ2v) is 4.43. The maximum Gasteiger partial charge on any atom is 0.387 e. The summed E-state index contributed by atoms with van der Waals surface area (Å²) in [5.41, 5.74) is 0.538. The number of hydrogen-bond donors (Lipinski definition) is 2. The second-order valence-electron chi connectivity index (χ2n) is 4.43. The number of urea groups is 1. The molecule has 0 aliphatic heterocycles. The average molecular weight is 342 g/mol. The molecule has 130 valence electrons. The first-order valence-electron chi connectivity index (χ1n) is 6.78. The van der Waals surface area contributed by atoms with Crippen molar-refractivity contribution in [1.82, 2.24) is 10.6 Å². The predicted molar refractivity (Wildman–Crippen MR) is 80.3 cm³/mol. The molecule has 0 heterocycles. The Balaban J connectivity index is 2.53. The Morgan fingerprint density at radius 3 is 2.33 bits per heavy atom. The van der Waals surface area contributed by atoms with Crippen molar-refractivity contribution in [3.8, 4) is 5.75 Å². The van der Waals surface area contributed by atoms with E-state index >= 15 is 0 Å². The van der Waals surface area contributed by atoms with E-state index in [9.17, 15) is 23.2 Å². The molecule has 0 spiro atoms. The molecule has 0 saturated carbocycles. The van der Waals surface area contributed by atoms with Crippen LogP contribution in [0.3, 0.4) is 0 Å². The molecule has 0 fully saturated rings. The zero-order valence-electron chi connectivity index (χ0n) is 12.9. The minimum absolute atomic E-state index is 0.00998. The van der Waals surface area contributed by atoms with Crippen molar-refractivity contribution in [2.45, 2.75) is 19.6 Å². The average Bonchev–Trinajstić information content (AvgIpc) is 2.53. The minimum Gasteiger partial charge on any atom is -0.449 e. The van der Waals surface area contributed by atoms with Gasteiger partial charge in [0.15, 0.2) is 6.10 Å². The highest BCUT2D eigenvalue weighted by Gasteiger charge is 2.18. The van der Waals surface area contributed by atoms with Gasteiger partial charge >= 0.3 is 18.6 Å². The van der Waals surface area contributed by atoms with Crippen LogP contribution in [0.1, 0.15) is 12.5 Å². The quantitative estimate of drug-likeness (QED) is 0.606. The molecule has 24 heavy (non-hydrogen) atoms. The van der Waals surface area contributed by atoms with E-state index < -0.39 is 30.6 Å². The highest BCUT2D eigenvalue weighted by molar-refractivity contribution is 5.97. The molecule has 9 heteroatoms. The van der Waals surface area contributed by atoms with Crippen LogP contribution >= 0.6 is 0 Å². The molecule has 1 rings (SSSR count). The molecule has 1 aromatic carbocycles. The van der Waals surface area contributed by atoms with Gasteiger partial charge in [-0.15, -0.1) is 0 Å². The van der Waals surface area contributed by atoms with Gasteiger partial charge in [0, 0.05) is 13.1 Å². The molecule has 1 aromatic rings. The summed E-state index contributed by atoms with van der Waals surface area (Å²) in [6, 6.07) is 4.84. The Hall–Kier alpha value is -2.97. The Morgan fingerprint density at radius 2 is 1.79 bits per heavy atom. The second kappa shape index (κ2) is 9.23. The van der Waals surface area contributed by atoms with E-state index in [1.807, 2.05) is 5.32 Å². The Bertz CT molecular complexity index is 617. The molecule has 0 aliphatic carbocycles. The van der Waals surface area contributed by atoms with E-state index in [1.54, 1.807) is 0 Å². The predicted octanol–water partition coefficient (Wildman–Crippen LogP) is 1.69. The summed E-state index contributed by atoms with van der Waals surface area (Å²) < 4.78 is 33.0. The Labute approximate surface area is 136 Å². The van der Waals surface area contributed by atoms with Crippen LogP contribution in [-0.4, -0.2) is 37.7 Å². The molecule has 0 aromatic heterocycles. The zero-order chi connectivity index (χ0) is 18.1. The topological polar surface area (TPSA) is 93.7 Å². The van der Waals surface area contributed by atoms with Crippen molar-refractivity contribution in [3.05, 3.63) is 35.9 Å². The maximum absolute atomic E-state index is 12.0. The molecule has 0 saturated heterocycles. The molecule has 3 amide bonds. The summed E-state index contributed by atoms with van der Waals surface area (Å²) in [5.74, 6) is -1.59. The van der Waals surface area contributed by atoms with Crippen molar-refractivity contribution >= 4 is 24.0 Å². The van der Waals surface area contributed by atoms with Gasteiger partial charge in [0.2, 0.25) is 0 Å². The monoisotopic (exact) mass is 342 g/mol. The molecular weight excluding hydrogens is 326 g/mol. The third kappa shape index (κ3) is 6.86. The normalized spacial score (nSPS) is 11.9. The van der Waals surface area contributed by atoms with Crippen molar-refractivity contribution in [3.63, 3.8) is 0 Å². The number of amides is 3. The Morgan fingerprint density at radius 1 is 1.17 bits per heavy atom. The van der Waals surface area contributed by atoms with Gasteiger partial charge in [0.05, 0.1) is 0 Å². The maximum atomic E-state index is 12.0. The summed E-state index contributed by atoms with van der Waals surface area (Å²) in [6.45, 7) is -1.61. The number of alkyl halides is 2. The molecule has 0 radical (unpaired) electrons. The molecule has 0 bridgehead atoms. The number of halogens is 2. The number of benzene rings is 1. The van der Waals surface area contributed by atoms with E-state index in [0.29, 0.717) is 5.56 Å². The summed E-state index contributed by atoms with van der Waals surface area (Å²) in [4.78, 5) is 34.0. The lowest BCUT2D eigenvalue weighted by molar-refractivity contribution is -0.149. The van der Waals surface area contributed by atoms with Crippen molar-refractivity contribution in [2.24, 2.45) is 0 Å². The number of ether oxygens (including phenoxy) is 2. The van der Waals surface area contributed by atoms with Crippen LogP contribution in [0.15, 0.2) is 30.3 Å². The third-order valence-electron chi connectivity index (χ3n) is 2.64. The number of hydrogen-bond acceptors (Lipinski definition) is 5. The molecule has 0 aliphatic rings. The molecular formula is C15H16F2N2O5. The van der Waals surface area contributed by atoms with E-state index in [1.165, 1.54) is 44.3 Å². The zero-order valence-corrected chi connectivity index (χ0v) is 12.9. The highest BCUT2D eigenvalue weighted by atomic mass is 19.3. The highest BCUT2D eigenvalue weighted by Crippen LogP contribution is 2.15. The molecule has 0 unspecified atom stereocenters. The first-order valence-corrected chi connectivity index (χ1v) is 6.78. The first-order chi connectivity index (χ1) is 11.3. The van der Waals surface area contributed by atoms with Crippen molar-refractivity contribution < 1.29 is 32.6 Å². The van der Waals surface area contributed by atoms with Crippen LogP contribution in [0.4, 0.5) is 13.6 Å². The van der Waals surface area contributed by atoms with E-state index in [0.717, 1.165) is 6.08 Å². The van der Waals surface area contributed by atoms with Crippen LogP contribution in [0, 0.1) is 0 Å². The largest absolute Gasteiger partial charge is 0.449 e. The van der Waals surface area contributed by atoms with Gasteiger partial charge in [-0.2, -0.15) is 8.78 Å². The van der Waals surface area contributed by atoms with E-state index in [-0.39, 0.29) is 5.75 Å². The van der Waals surface area contributed by atoms with Crippen LogP contribution in [-0.2, 0) is 14.3 Å². The van der Waals surface area contributed by atoms with Gasteiger partial charge in [-0.25, -0.2) is 9.59 Å². The fourth-order valence-corrected chi connectivity index (χ4v) is 1.47.